The maximum Gasteiger partial charge on any atom is 0.253 e. The van der Waals surface area contributed by atoms with Gasteiger partial charge in [0.25, 0.3) is 5.91 Å². The summed E-state index contributed by atoms with van der Waals surface area (Å²) in [6.07, 6.45) is 1.87. The average Bonchev–Trinajstić information content (AvgIpc) is 3.17. The summed E-state index contributed by atoms with van der Waals surface area (Å²) in [5.74, 6) is 1.47. The van der Waals surface area contributed by atoms with Crippen molar-refractivity contribution < 1.29 is 4.79 Å². The minimum absolute atomic E-state index is 0.0632. The van der Waals surface area contributed by atoms with Crippen LogP contribution < -0.4 is 16.0 Å². The Morgan fingerprint density at radius 1 is 1.24 bits per heavy atom. The lowest BCUT2D eigenvalue weighted by Crippen LogP contribution is -2.57. The van der Waals surface area contributed by atoms with E-state index in [0.29, 0.717) is 19.0 Å². The molecule has 29 heavy (non-hydrogen) atoms. The Morgan fingerprint density at radius 2 is 1.97 bits per heavy atom. The van der Waals surface area contributed by atoms with E-state index in [9.17, 15) is 4.79 Å². The van der Waals surface area contributed by atoms with Crippen molar-refractivity contribution in [3.8, 4) is 0 Å². The number of likely N-dealkylation sites (tertiary alicyclic amines) is 1. The third-order valence-corrected chi connectivity index (χ3v) is 6.29. The fraction of sp³-hybridized carbons (Fsp3) is 0.478. The van der Waals surface area contributed by atoms with Crippen LogP contribution in [0, 0.1) is 19.8 Å². The van der Waals surface area contributed by atoms with Crippen molar-refractivity contribution in [2.75, 3.05) is 31.6 Å². The van der Waals surface area contributed by atoms with Gasteiger partial charge in [-0.2, -0.15) is 0 Å². The van der Waals surface area contributed by atoms with E-state index >= 15 is 0 Å². The molecule has 0 bridgehead atoms. The first kappa shape index (κ1) is 19.9. The molecule has 6 nitrogen and oxygen atoms in total. The van der Waals surface area contributed by atoms with Crippen molar-refractivity contribution in [1.29, 1.82) is 0 Å². The number of anilines is 1. The molecule has 0 unspecified atom stereocenters. The van der Waals surface area contributed by atoms with Gasteiger partial charge in [-0.1, -0.05) is 32.0 Å². The summed E-state index contributed by atoms with van der Waals surface area (Å²) in [6, 6.07) is 10.5. The van der Waals surface area contributed by atoms with Gasteiger partial charge in [0.2, 0.25) is 0 Å². The van der Waals surface area contributed by atoms with Crippen molar-refractivity contribution in [1.82, 2.24) is 20.5 Å². The molecule has 1 aromatic carbocycles. The minimum Gasteiger partial charge on any atom is -0.364 e. The highest BCUT2D eigenvalue weighted by Crippen LogP contribution is 2.31. The number of nitrogens with zero attached hydrogens (tertiary/aromatic N) is 2. The first-order valence-electron chi connectivity index (χ1n) is 10.4. The highest BCUT2D eigenvalue weighted by atomic mass is 16.2. The predicted octanol–water partition coefficient (Wildman–Crippen LogP) is 2.64. The van der Waals surface area contributed by atoms with Crippen LogP contribution >= 0.6 is 0 Å². The number of rotatable bonds is 5. The molecule has 3 N–H and O–H groups in total. The van der Waals surface area contributed by atoms with Crippen molar-refractivity contribution in [2.45, 2.75) is 39.3 Å². The molecule has 2 aliphatic heterocycles. The van der Waals surface area contributed by atoms with Gasteiger partial charge in [-0.05, 0) is 48.6 Å². The molecule has 1 amide bonds. The number of carbonyl (C=O) groups excluding carboxylic acids is 1. The molecule has 0 aliphatic carbocycles. The zero-order chi connectivity index (χ0) is 20.6. The zero-order valence-corrected chi connectivity index (χ0v) is 17.7. The van der Waals surface area contributed by atoms with Gasteiger partial charge < -0.3 is 15.5 Å². The summed E-state index contributed by atoms with van der Waals surface area (Å²) in [7, 11) is 0. The van der Waals surface area contributed by atoms with Crippen LogP contribution in [0.2, 0.25) is 0 Å². The van der Waals surface area contributed by atoms with Crippen molar-refractivity contribution in [2.24, 2.45) is 5.92 Å². The van der Waals surface area contributed by atoms with Crippen molar-refractivity contribution in [3.05, 3.63) is 58.8 Å². The average molecular weight is 394 g/mol. The fourth-order valence-corrected chi connectivity index (χ4v) is 4.38. The van der Waals surface area contributed by atoms with Gasteiger partial charge >= 0.3 is 0 Å². The molecule has 2 saturated heterocycles. The first-order valence-corrected chi connectivity index (χ1v) is 10.4. The number of aryl methyl sites for hydroxylation is 2. The Kier molecular flexibility index (Phi) is 5.32. The van der Waals surface area contributed by atoms with Crippen LogP contribution in [-0.2, 0) is 5.54 Å². The molecular formula is C23H31N5O. The number of amides is 1. The van der Waals surface area contributed by atoms with Gasteiger partial charge in [0, 0.05) is 38.1 Å². The molecule has 2 fully saturated rings. The molecule has 2 aromatic rings. The third-order valence-electron chi connectivity index (χ3n) is 6.29. The maximum atomic E-state index is 12.8. The number of pyridine rings is 1. The van der Waals surface area contributed by atoms with Gasteiger partial charge in [0.15, 0.2) is 0 Å². The summed E-state index contributed by atoms with van der Waals surface area (Å²) in [6.45, 7) is 11.7. The maximum absolute atomic E-state index is 12.8. The molecule has 0 saturated carbocycles. The largest absolute Gasteiger partial charge is 0.364 e. The lowest BCUT2D eigenvalue weighted by molar-refractivity contribution is 0.0625. The van der Waals surface area contributed by atoms with E-state index in [1.54, 1.807) is 0 Å². The molecule has 154 valence electrons. The van der Waals surface area contributed by atoms with Crippen LogP contribution in [0.4, 0.5) is 5.82 Å². The van der Waals surface area contributed by atoms with Gasteiger partial charge in [-0.25, -0.2) is 4.98 Å². The number of hydrogen-bond acceptors (Lipinski definition) is 5. The first-order chi connectivity index (χ1) is 13.9. The Labute approximate surface area is 173 Å². The molecule has 1 atom stereocenters. The summed E-state index contributed by atoms with van der Waals surface area (Å²) < 4.78 is 0. The highest BCUT2D eigenvalue weighted by Gasteiger charge is 2.38. The van der Waals surface area contributed by atoms with Gasteiger partial charge in [0.1, 0.15) is 5.82 Å². The number of hydrogen-bond donors (Lipinski definition) is 3. The van der Waals surface area contributed by atoms with E-state index in [1.165, 1.54) is 5.56 Å². The van der Waals surface area contributed by atoms with Crippen molar-refractivity contribution >= 4 is 11.7 Å². The number of benzene rings is 1. The van der Waals surface area contributed by atoms with E-state index < -0.39 is 0 Å². The lowest BCUT2D eigenvalue weighted by Gasteiger charge is -2.40. The monoisotopic (exact) mass is 393 g/mol. The van der Waals surface area contributed by atoms with E-state index in [1.807, 2.05) is 30.2 Å². The molecular weight excluding hydrogens is 362 g/mol. The van der Waals surface area contributed by atoms with Gasteiger partial charge in [-0.15, -0.1) is 0 Å². The van der Waals surface area contributed by atoms with Crippen LogP contribution in [0.15, 0.2) is 36.5 Å². The molecule has 3 heterocycles. The van der Waals surface area contributed by atoms with Crippen LogP contribution in [0.5, 0.6) is 0 Å². The van der Waals surface area contributed by atoms with Crippen LogP contribution in [-0.4, -0.2) is 48.1 Å². The van der Waals surface area contributed by atoms with Crippen LogP contribution in [0.3, 0.4) is 0 Å². The van der Waals surface area contributed by atoms with E-state index in [0.717, 1.165) is 35.7 Å². The molecule has 1 aromatic heterocycles. The van der Waals surface area contributed by atoms with Crippen LogP contribution in [0.25, 0.3) is 0 Å². The topological polar surface area (TPSA) is 69.3 Å². The van der Waals surface area contributed by atoms with Gasteiger partial charge in [-0.3, -0.25) is 10.1 Å². The zero-order valence-electron chi connectivity index (χ0n) is 17.7. The second-order valence-electron chi connectivity index (χ2n) is 8.71. The molecule has 0 spiro atoms. The quantitative estimate of drug-likeness (QED) is 0.729. The van der Waals surface area contributed by atoms with E-state index in [4.69, 9.17) is 0 Å². The second-order valence-corrected chi connectivity index (χ2v) is 8.71. The molecule has 0 radical (unpaired) electrons. The molecule has 4 rings (SSSR count). The summed E-state index contributed by atoms with van der Waals surface area (Å²) in [5.41, 5.74) is 4.22. The summed E-state index contributed by atoms with van der Waals surface area (Å²) >= 11 is 0. The fourth-order valence-electron chi connectivity index (χ4n) is 4.38. The standard InChI is InChI=1S/C23H31N5O/c1-15(2)23(13-24-14-26-23)19-7-5-18(6-8-19)22(29)28-11-20(12-28)27-21-17(4)9-16(3)10-25-21/h5-10,15,20,24,26H,11-14H2,1-4H3,(H,25,27)/t23-/m1/s1. The third kappa shape index (κ3) is 3.74. The second kappa shape index (κ2) is 7.76. The Bertz CT molecular complexity index is 881. The van der Waals surface area contributed by atoms with Crippen LogP contribution in [0.1, 0.15) is 40.9 Å². The van der Waals surface area contributed by atoms with E-state index in [2.05, 4.69) is 59.9 Å². The SMILES string of the molecule is Cc1cnc(NC2CN(C(=O)c3ccc([C@]4(C(C)C)CNCN4)cc3)C2)c(C)c1. The highest BCUT2D eigenvalue weighted by molar-refractivity contribution is 5.95. The normalized spacial score (nSPS) is 22.0. The van der Waals surface area contributed by atoms with Crippen molar-refractivity contribution in [3.63, 3.8) is 0 Å². The number of aromatic nitrogens is 1. The predicted molar refractivity (Wildman–Crippen MR) is 116 cm³/mol. The Hall–Kier alpha value is -2.44. The molecule has 2 aliphatic rings. The molecule has 6 heteroatoms. The number of carbonyl (C=O) groups is 1. The Balaban J connectivity index is 1.37. The number of nitrogens with one attached hydrogen (secondary N) is 3. The Morgan fingerprint density at radius 3 is 2.55 bits per heavy atom. The summed E-state index contributed by atoms with van der Waals surface area (Å²) in [5, 5.41) is 10.4. The van der Waals surface area contributed by atoms with Gasteiger partial charge in [0.05, 0.1) is 11.6 Å². The smallest absolute Gasteiger partial charge is 0.253 e. The lowest BCUT2D eigenvalue weighted by atomic mass is 9.80. The summed E-state index contributed by atoms with van der Waals surface area (Å²) in [4.78, 5) is 19.2. The minimum atomic E-state index is -0.0632. The van der Waals surface area contributed by atoms with E-state index in [-0.39, 0.29) is 17.5 Å².